The van der Waals surface area contributed by atoms with E-state index in [4.69, 9.17) is 9.15 Å². The number of non-ortho nitro benzene ring substituents is 1. The smallest absolute Gasteiger partial charge is 0.273 e. The van der Waals surface area contributed by atoms with E-state index in [0.717, 1.165) is 44.5 Å². The third kappa shape index (κ3) is 4.51. The highest BCUT2D eigenvalue weighted by Crippen LogP contribution is 2.29. The van der Waals surface area contributed by atoms with Crippen molar-refractivity contribution in [3.63, 3.8) is 0 Å². The van der Waals surface area contributed by atoms with E-state index in [2.05, 4.69) is 9.62 Å². The molecule has 28 heavy (non-hydrogen) atoms. The molecule has 9 nitrogen and oxygen atoms in total. The number of nitrogens with zero attached hydrogens (tertiary/aromatic N) is 2. The fraction of sp³-hybridized carbons (Fsp3) is 0.444. The molecule has 0 bridgehead atoms. The van der Waals surface area contributed by atoms with Gasteiger partial charge in [0.15, 0.2) is 0 Å². The molecule has 1 saturated heterocycles. The maximum Gasteiger partial charge on any atom is 0.273 e. The Morgan fingerprint density at radius 3 is 2.64 bits per heavy atom. The van der Waals surface area contributed by atoms with Crippen LogP contribution in [0.5, 0.6) is 5.75 Å². The van der Waals surface area contributed by atoms with Crippen molar-refractivity contribution < 1.29 is 22.5 Å². The molecule has 0 saturated carbocycles. The third-order valence-electron chi connectivity index (χ3n) is 4.82. The summed E-state index contributed by atoms with van der Waals surface area (Å²) in [5.41, 5.74) is -0.238. The number of sulfonamides is 1. The fourth-order valence-corrected chi connectivity index (χ4v) is 4.57. The van der Waals surface area contributed by atoms with Crippen LogP contribution in [0.1, 0.15) is 31.1 Å². The lowest BCUT2D eigenvalue weighted by molar-refractivity contribution is -0.385. The summed E-state index contributed by atoms with van der Waals surface area (Å²) >= 11 is 0. The molecule has 2 heterocycles. The quantitative estimate of drug-likeness (QED) is 0.526. The van der Waals surface area contributed by atoms with Crippen molar-refractivity contribution in [3.8, 4) is 5.75 Å². The standard InChI is InChI=1S/C18H23N3O6S/c1-26-17-12-14(21(22)23)7-8-18(17)28(24,25)19-13-15(16-6-5-11-27-16)20-9-3-2-4-10-20/h5-8,11-12,15,19H,2-4,9-10,13H2,1H3. The zero-order valence-electron chi connectivity index (χ0n) is 15.5. The molecular weight excluding hydrogens is 386 g/mol. The van der Waals surface area contributed by atoms with Gasteiger partial charge in [0.1, 0.15) is 16.4 Å². The van der Waals surface area contributed by atoms with Gasteiger partial charge in [0, 0.05) is 12.6 Å². The molecule has 1 aromatic carbocycles. The number of nitrogens with one attached hydrogen (secondary N) is 1. The lowest BCUT2D eigenvalue weighted by Crippen LogP contribution is -2.40. The normalized spacial score (nSPS) is 16.6. The molecule has 1 atom stereocenters. The van der Waals surface area contributed by atoms with Crippen LogP contribution in [0.15, 0.2) is 45.9 Å². The number of methoxy groups -OCH3 is 1. The SMILES string of the molecule is COc1cc([N+](=O)[O-])ccc1S(=O)(=O)NCC(c1ccco1)N1CCCCC1. The number of hydrogen-bond donors (Lipinski definition) is 1. The zero-order chi connectivity index (χ0) is 20.1. The maximum absolute atomic E-state index is 12.8. The van der Waals surface area contributed by atoms with Crippen LogP contribution in [0.4, 0.5) is 5.69 Å². The first kappa shape index (κ1) is 20.3. The van der Waals surface area contributed by atoms with E-state index in [1.165, 1.54) is 13.2 Å². The molecule has 1 N–H and O–H groups in total. The molecule has 1 aromatic heterocycles. The number of furan rings is 1. The van der Waals surface area contributed by atoms with Crippen molar-refractivity contribution in [3.05, 3.63) is 52.5 Å². The van der Waals surface area contributed by atoms with Gasteiger partial charge in [0.05, 0.1) is 30.4 Å². The molecule has 0 radical (unpaired) electrons. The Labute approximate surface area is 163 Å². The average molecular weight is 409 g/mol. The number of rotatable bonds is 8. The molecule has 0 aliphatic carbocycles. The van der Waals surface area contributed by atoms with Gasteiger partial charge in [-0.3, -0.25) is 15.0 Å². The molecule has 2 aromatic rings. The van der Waals surface area contributed by atoms with Crippen LogP contribution in [0, 0.1) is 10.1 Å². The molecule has 1 fully saturated rings. The molecule has 1 unspecified atom stereocenters. The number of likely N-dealkylation sites (tertiary alicyclic amines) is 1. The summed E-state index contributed by atoms with van der Waals surface area (Å²) in [6.45, 7) is 1.86. The van der Waals surface area contributed by atoms with Crippen molar-refractivity contribution in [2.45, 2.75) is 30.2 Å². The van der Waals surface area contributed by atoms with E-state index < -0.39 is 14.9 Å². The Morgan fingerprint density at radius 1 is 1.29 bits per heavy atom. The third-order valence-corrected chi connectivity index (χ3v) is 6.28. The second-order valence-corrected chi connectivity index (χ2v) is 8.31. The number of ether oxygens (including phenoxy) is 1. The van der Waals surface area contributed by atoms with Gasteiger partial charge in [-0.25, -0.2) is 13.1 Å². The van der Waals surface area contributed by atoms with Crippen LogP contribution < -0.4 is 9.46 Å². The average Bonchev–Trinajstić information content (AvgIpc) is 3.22. The first-order valence-corrected chi connectivity index (χ1v) is 10.5. The van der Waals surface area contributed by atoms with Gasteiger partial charge in [-0.1, -0.05) is 6.42 Å². The van der Waals surface area contributed by atoms with Crippen molar-refractivity contribution in [2.24, 2.45) is 0 Å². The van der Waals surface area contributed by atoms with Crippen LogP contribution >= 0.6 is 0 Å². The van der Waals surface area contributed by atoms with E-state index in [1.807, 2.05) is 6.07 Å². The van der Waals surface area contributed by atoms with E-state index in [-0.39, 0.29) is 28.9 Å². The summed E-state index contributed by atoms with van der Waals surface area (Å²) in [4.78, 5) is 12.4. The van der Waals surface area contributed by atoms with Gasteiger partial charge in [0.2, 0.25) is 10.0 Å². The Morgan fingerprint density at radius 2 is 2.04 bits per heavy atom. The Bertz CT molecular complexity index is 907. The summed E-state index contributed by atoms with van der Waals surface area (Å²) in [6.07, 6.45) is 4.84. The van der Waals surface area contributed by atoms with Crippen LogP contribution in [0.25, 0.3) is 0 Å². The molecule has 1 aliphatic rings. The van der Waals surface area contributed by atoms with Crippen molar-refractivity contribution >= 4 is 15.7 Å². The van der Waals surface area contributed by atoms with Gasteiger partial charge in [-0.05, 0) is 44.1 Å². The first-order chi connectivity index (χ1) is 13.4. The number of nitro groups is 1. The van der Waals surface area contributed by atoms with Crippen LogP contribution in [-0.4, -0.2) is 45.0 Å². The Balaban J connectivity index is 1.81. The Kier molecular flexibility index (Phi) is 6.32. The minimum Gasteiger partial charge on any atom is -0.495 e. The molecular formula is C18H23N3O6S. The molecule has 10 heteroatoms. The highest BCUT2D eigenvalue weighted by molar-refractivity contribution is 7.89. The summed E-state index contributed by atoms with van der Waals surface area (Å²) in [5.74, 6) is 0.620. The second-order valence-electron chi connectivity index (χ2n) is 6.57. The van der Waals surface area contributed by atoms with Crippen molar-refractivity contribution in [1.29, 1.82) is 0 Å². The fourth-order valence-electron chi connectivity index (χ4n) is 3.38. The summed E-state index contributed by atoms with van der Waals surface area (Å²) < 4.78 is 38.9. The van der Waals surface area contributed by atoms with E-state index in [0.29, 0.717) is 5.76 Å². The number of nitro benzene ring substituents is 1. The van der Waals surface area contributed by atoms with Crippen LogP contribution in [0.3, 0.4) is 0 Å². The van der Waals surface area contributed by atoms with Gasteiger partial charge in [-0.2, -0.15) is 0 Å². The highest BCUT2D eigenvalue weighted by Gasteiger charge is 2.28. The van der Waals surface area contributed by atoms with Gasteiger partial charge in [-0.15, -0.1) is 0 Å². The van der Waals surface area contributed by atoms with Crippen LogP contribution in [0.2, 0.25) is 0 Å². The van der Waals surface area contributed by atoms with Crippen molar-refractivity contribution in [2.75, 3.05) is 26.7 Å². The topological polar surface area (TPSA) is 115 Å². The van der Waals surface area contributed by atoms with E-state index >= 15 is 0 Å². The highest BCUT2D eigenvalue weighted by atomic mass is 32.2. The van der Waals surface area contributed by atoms with Gasteiger partial charge >= 0.3 is 0 Å². The first-order valence-electron chi connectivity index (χ1n) is 9.02. The molecule has 152 valence electrons. The molecule has 0 spiro atoms. The molecule has 0 amide bonds. The largest absolute Gasteiger partial charge is 0.495 e. The number of piperidine rings is 1. The summed E-state index contributed by atoms with van der Waals surface area (Å²) in [7, 11) is -2.66. The van der Waals surface area contributed by atoms with Crippen molar-refractivity contribution in [1.82, 2.24) is 9.62 Å². The molecule has 3 rings (SSSR count). The van der Waals surface area contributed by atoms with Gasteiger partial charge < -0.3 is 9.15 Å². The number of benzene rings is 1. The molecule has 1 aliphatic heterocycles. The lowest BCUT2D eigenvalue weighted by atomic mass is 10.1. The summed E-state index contributed by atoms with van der Waals surface area (Å²) in [6, 6.07) is 6.81. The monoisotopic (exact) mass is 409 g/mol. The zero-order valence-corrected chi connectivity index (χ0v) is 16.4. The lowest BCUT2D eigenvalue weighted by Gasteiger charge is -2.33. The predicted octanol–water partition coefficient (Wildman–Crippen LogP) is 2.70. The van der Waals surface area contributed by atoms with Crippen LogP contribution in [-0.2, 0) is 10.0 Å². The minimum absolute atomic E-state index is 0.0748. The maximum atomic E-state index is 12.8. The summed E-state index contributed by atoms with van der Waals surface area (Å²) in [5, 5.41) is 10.9. The predicted molar refractivity (Wildman–Crippen MR) is 102 cm³/mol. The van der Waals surface area contributed by atoms with E-state index in [1.54, 1.807) is 12.3 Å². The number of hydrogen-bond acceptors (Lipinski definition) is 7. The van der Waals surface area contributed by atoms with E-state index in [9.17, 15) is 18.5 Å². The Hall–Kier alpha value is -2.43. The van der Waals surface area contributed by atoms with Gasteiger partial charge in [0.25, 0.3) is 5.69 Å². The second kappa shape index (κ2) is 8.72. The minimum atomic E-state index is -3.94.